The SMILES string of the molecule is O=S(=O)(O)c1nnc(-c2ccccc2)c(-c2ccccc2S(=O)(=O)O)n1. The molecule has 1 aromatic heterocycles. The highest BCUT2D eigenvalue weighted by molar-refractivity contribution is 7.86. The largest absolute Gasteiger partial charge is 0.332 e. The lowest BCUT2D eigenvalue weighted by molar-refractivity contribution is 0.472. The van der Waals surface area contributed by atoms with Crippen LogP contribution in [0.1, 0.15) is 0 Å². The molecule has 0 radical (unpaired) electrons. The van der Waals surface area contributed by atoms with E-state index in [1.165, 1.54) is 18.2 Å². The van der Waals surface area contributed by atoms with Gasteiger partial charge in [0.1, 0.15) is 16.3 Å². The summed E-state index contributed by atoms with van der Waals surface area (Å²) in [6.07, 6.45) is 0. The highest BCUT2D eigenvalue weighted by Crippen LogP contribution is 2.32. The summed E-state index contributed by atoms with van der Waals surface area (Å²) in [5, 5.41) is 6.19. The maximum Gasteiger partial charge on any atom is 0.332 e. The number of rotatable bonds is 4. The fourth-order valence-electron chi connectivity index (χ4n) is 2.29. The summed E-state index contributed by atoms with van der Waals surface area (Å²) in [7, 11) is -9.41. The van der Waals surface area contributed by atoms with Crippen molar-refractivity contribution in [3.63, 3.8) is 0 Å². The molecule has 134 valence electrons. The summed E-state index contributed by atoms with van der Waals surface area (Å²) >= 11 is 0. The van der Waals surface area contributed by atoms with E-state index in [0.29, 0.717) is 5.56 Å². The Kier molecular flexibility index (Phi) is 4.54. The second-order valence-electron chi connectivity index (χ2n) is 5.10. The third-order valence-electron chi connectivity index (χ3n) is 3.37. The lowest BCUT2D eigenvalue weighted by atomic mass is 10.0. The minimum absolute atomic E-state index is 0.0779. The van der Waals surface area contributed by atoms with Crippen LogP contribution in [0.4, 0.5) is 0 Å². The van der Waals surface area contributed by atoms with Crippen LogP contribution in [0.5, 0.6) is 0 Å². The van der Waals surface area contributed by atoms with Crippen molar-refractivity contribution in [2.45, 2.75) is 10.1 Å². The number of hydrogen-bond donors (Lipinski definition) is 2. The first kappa shape index (κ1) is 18.1. The summed E-state index contributed by atoms with van der Waals surface area (Å²) in [6, 6.07) is 13.7. The maximum absolute atomic E-state index is 11.7. The Hall–Kier alpha value is -2.73. The lowest BCUT2D eigenvalue weighted by Crippen LogP contribution is -2.10. The number of nitrogens with zero attached hydrogens (tertiary/aromatic N) is 3. The van der Waals surface area contributed by atoms with Crippen molar-refractivity contribution < 1.29 is 25.9 Å². The number of aromatic nitrogens is 3. The lowest BCUT2D eigenvalue weighted by Gasteiger charge is -2.11. The molecular weight excluding hydrogens is 382 g/mol. The molecule has 0 atom stereocenters. The van der Waals surface area contributed by atoms with Gasteiger partial charge in [-0.25, -0.2) is 4.98 Å². The Labute approximate surface area is 148 Å². The van der Waals surface area contributed by atoms with E-state index in [-0.39, 0.29) is 17.0 Å². The van der Waals surface area contributed by atoms with Gasteiger partial charge in [0.2, 0.25) is 0 Å². The van der Waals surface area contributed by atoms with Crippen LogP contribution in [-0.4, -0.2) is 41.1 Å². The van der Waals surface area contributed by atoms with Gasteiger partial charge in [0.25, 0.3) is 15.3 Å². The zero-order valence-electron chi connectivity index (χ0n) is 12.9. The van der Waals surface area contributed by atoms with Gasteiger partial charge in [-0.3, -0.25) is 9.11 Å². The summed E-state index contributed by atoms with van der Waals surface area (Å²) in [5.74, 6) is 0. The molecule has 1 heterocycles. The van der Waals surface area contributed by atoms with Crippen LogP contribution in [0.15, 0.2) is 64.6 Å². The normalized spacial score (nSPS) is 12.1. The standard InChI is InChI=1S/C15H11N3O6S2/c19-25(20,21)12-9-5-4-8-11(12)14-13(10-6-2-1-3-7-10)17-18-15(16-14)26(22,23)24/h1-9H,(H,19,20,21)(H,22,23,24). The van der Waals surface area contributed by atoms with Crippen molar-refractivity contribution >= 4 is 20.2 Å². The fourth-order valence-corrected chi connectivity index (χ4v) is 3.33. The molecule has 0 saturated carbocycles. The second kappa shape index (κ2) is 6.53. The number of hydrogen-bond acceptors (Lipinski definition) is 7. The molecule has 0 aliphatic carbocycles. The zero-order valence-corrected chi connectivity index (χ0v) is 14.5. The van der Waals surface area contributed by atoms with E-state index in [2.05, 4.69) is 15.2 Å². The molecule has 2 aromatic carbocycles. The summed E-state index contributed by atoms with van der Waals surface area (Å²) in [6.45, 7) is 0. The molecule has 0 aliphatic rings. The van der Waals surface area contributed by atoms with Crippen LogP contribution in [0.25, 0.3) is 22.5 Å². The molecule has 0 amide bonds. The third kappa shape index (κ3) is 3.60. The first-order valence-corrected chi connectivity index (χ1v) is 9.90. The highest BCUT2D eigenvalue weighted by Gasteiger charge is 2.24. The monoisotopic (exact) mass is 393 g/mol. The first-order valence-electron chi connectivity index (χ1n) is 7.02. The van der Waals surface area contributed by atoms with Gasteiger partial charge in [-0.05, 0) is 6.07 Å². The predicted molar refractivity (Wildman–Crippen MR) is 90.3 cm³/mol. The molecule has 0 unspecified atom stereocenters. The minimum Gasteiger partial charge on any atom is -0.282 e. The van der Waals surface area contributed by atoms with Crippen LogP contribution < -0.4 is 0 Å². The molecule has 0 spiro atoms. The fraction of sp³-hybridized carbons (Fsp3) is 0. The summed E-state index contributed by atoms with van der Waals surface area (Å²) in [5.41, 5.74) is 0.296. The zero-order chi connectivity index (χ0) is 18.9. The predicted octanol–water partition coefficient (Wildman–Crippen LogP) is 1.70. The Morgan fingerprint density at radius 3 is 1.92 bits per heavy atom. The smallest absolute Gasteiger partial charge is 0.282 e. The van der Waals surface area contributed by atoms with E-state index in [9.17, 15) is 25.9 Å². The van der Waals surface area contributed by atoms with Crippen LogP contribution in [0.3, 0.4) is 0 Å². The van der Waals surface area contributed by atoms with Crippen molar-refractivity contribution in [3.05, 3.63) is 54.6 Å². The van der Waals surface area contributed by atoms with E-state index in [1.54, 1.807) is 30.3 Å². The second-order valence-corrected chi connectivity index (χ2v) is 7.81. The Balaban J connectivity index is 2.39. The maximum atomic E-state index is 11.7. The topological polar surface area (TPSA) is 147 Å². The van der Waals surface area contributed by atoms with Crippen LogP contribution in [0, 0.1) is 0 Å². The molecule has 0 fully saturated rings. The molecule has 26 heavy (non-hydrogen) atoms. The van der Waals surface area contributed by atoms with Gasteiger partial charge < -0.3 is 0 Å². The molecule has 3 aromatic rings. The van der Waals surface area contributed by atoms with Gasteiger partial charge in [0.05, 0.1) is 0 Å². The molecule has 9 nitrogen and oxygen atoms in total. The van der Waals surface area contributed by atoms with Crippen LogP contribution in [0.2, 0.25) is 0 Å². The number of benzene rings is 2. The van der Waals surface area contributed by atoms with Crippen molar-refractivity contribution in [1.29, 1.82) is 0 Å². The molecule has 0 bridgehead atoms. The van der Waals surface area contributed by atoms with Crippen molar-refractivity contribution in [3.8, 4) is 22.5 Å². The first-order chi connectivity index (χ1) is 12.2. The van der Waals surface area contributed by atoms with Gasteiger partial charge >= 0.3 is 10.1 Å². The van der Waals surface area contributed by atoms with E-state index in [0.717, 1.165) is 6.07 Å². The molecule has 11 heteroatoms. The molecule has 3 rings (SSSR count). The average molecular weight is 393 g/mol. The van der Waals surface area contributed by atoms with Crippen LogP contribution >= 0.6 is 0 Å². The Bertz CT molecular complexity index is 1180. The van der Waals surface area contributed by atoms with Crippen molar-refractivity contribution in [1.82, 2.24) is 15.2 Å². The van der Waals surface area contributed by atoms with Gasteiger partial charge in [-0.1, -0.05) is 48.5 Å². The molecular formula is C15H11N3O6S2. The van der Waals surface area contributed by atoms with E-state index in [4.69, 9.17) is 0 Å². The third-order valence-corrected chi connectivity index (χ3v) is 4.91. The highest BCUT2D eigenvalue weighted by atomic mass is 32.2. The van der Waals surface area contributed by atoms with Gasteiger partial charge in [-0.2, -0.15) is 16.8 Å². The van der Waals surface area contributed by atoms with Gasteiger partial charge in [0, 0.05) is 11.1 Å². The van der Waals surface area contributed by atoms with Gasteiger partial charge in [0.15, 0.2) is 0 Å². The average Bonchev–Trinajstić information content (AvgIpc) is 2.60. The molecule has 2 N–H and O–H groups in total. The van der Waals surface area contributed by atoms with E-state index < -0.39 is 30.3 Å². The van der Waals surface area contributed by atoms with Gasteiger partial charge in [-0.15, -0.1) is 10.2 Å². The summed E-state index contributed by atoms with van der Waals surface area (Å²) < 4.78 is 64.8. The summed E-state index contributed by atoms with van der Waals surface area (Å²) in [4.78, 5) is 3.29. The quantitative estimate of drug-likeness (QED) is 0.632. The minimum atomic E-state index is -4.78. The van der Waals surface area contributed by atoms with Crippen molar-refractivity contribution in [2.75, 3.05) is 0 Å². The van der Waals surface area contributed by atoms with Crippen LogP contribution in [-0.2, 0) is 20.2 Å². The Morgan fingerprint density at radius 1 is 0.692 bits per heavy atom. The van der Waals surface area contributed by atoms with Crippen molar-refractivity contribution in [2.24, 2.45) is 0 Å². The van der Waals surface area contributed by atoms with E-state index >= 15 is 0 Å². The van der Waals surface area contributed by atoms with E-state index in [1.807, 2.05) is 0 Å². The molecule has 0 saturated heterocycles. The Morgan fingerprint density at radius 2 is 1.31 bits per heavy atom. The molecule has 0 aliphatic heterocycles.